The van der Waals surface area contributed by atoms with Crippen LogP contribution in [0.1, 0.15) is 53.3 Å². The van der Waals surface area contributed by atoms with E-state index in [0.717, 1.165) is 37.8 Å². The van der Waals surface area contributed by atoms with Crippen LogP contribution in [0.3, 0.4) is 0 Å². The van der Waals surface area contributed by atoms with Gasteiger partial charge in [0.2, 0.25) is 11.4 Å². The molecule has 1 aromatic heterocycles. The minimum absolute atomic E-state index is 0.0372. The zero-order valence-corrected chi connectivity index (χ0v) is 23.1. The highest BCUT2D eigenvalue weighted by Crippen LogP contribution is 2.40. The van der Waals surface area contributed by atoms with Crippen molar-refractivity contribution in [1.82, 2.24) is 10.3 Å². The number of rotatable bonds is 9. The van der Waals surface area contributed by atoms with Crippen molar-refractivity contribution in [1.29, 1.82) is 0 Å². The van der Waals surface area contributed by atoms with Crippen molar-refractivity contribution < 1.29 is 40.6 Å². The average molecular weight is 609 g/mol. The summed E-state index contributed by atoms with van der Waals surface area (Å²) in [6.45, 7) is 4.28. The Balaban J connectivity index is 1.40. The van der Waals surface area contributed by atoms with Gasteiger partial charge in [0.15, 0.2) is 29.0 Å². The van der Waals surface area contributed by atoms with Crippen molar-refractivity contribution in [2.24, 2.45) is 0 Å². The first-order valence-corrected chi connectivity index (χ1v) is 13.7. The topological polar surface area (TPSA) is 74.3 Å². The Hall–Kier alpha value is -3.90. The number of pyridine rings is 1. The summed E-state index contributed by atoms with van der Waals surface area (Å²) < 4.78 is 103. The minimum atomic E-state index is -5.04. The number of aliphatic hydroxyl groups is 1. The number of alkyl halides is 2. The third-order valence-electron chi connectivity index (χ3n) is 7.80. The van der Waals surface area contributed by atoms with E-state index in [1.165, 1.54) is 34.4 Å². The summed E-state index contributed by atoms with van der Waals surface area (Å²) in [7, 11) is 0. The van der Waals surface area contributed by atoms with Gasteiger partial charge in [-0.1, -0.05) is 32.0 Å². The Morgan fingerprint density at radius 2 is 1.47 bits per heavy atom. The van der Waals surface area contributed by atoms with Crippen molar-refractivity contribution in [2.45, 2.75) is 57.8 Å². The normalized spacial score (nSPS) is 14.4. The molecule has 43 heavy (non-hydrogen) atoms. The molecule has 3 N–H and O–H groups in total. The predicted molar refractivity (Wildman–Crippen MR) is 145 cm³/mol. The van der Waals surface area contributed by atoms with Gasteiger partial charge in [0.1, 0.15) is 5.56 Å². The van der Waals surface area contributed by atoms with Crippen molar-refractivity contribution in [2.75, 3.05) is 6.54 Å². The number of aliphatic hydroxyl groups excluding tert-OH is 1. The number of ether oxygens (including phenoxy) is 1. The second-order valence-corrected chi connectivity index (χ2v) is 10.5. The van der Waals surface area contributed by atoms with Crippen molar-refractivity contribution in [3.8, 4) is 5.75 Å². The number of nitrogens with one attached hydrogen (secondary N) is 2. The molecule has 1 atom stereocenters. The lowest BCUT2D eigenvalue weighted by molar-refractivity contribution is -0.189. The minimum Gasteiger partial charge on any atom is -0.426 e. The molecule has 0 aliphatic heterocycles. The summed E-state index contributed by atoms with van der Waals surface area (Å²) in [5.74, 6) is -14.1. The summed E-state index contributed by atoms with van der Waals surface area (Å²) in [5.41, 5.74) is 1.66. The Morgan fingerprint density at radius 3 is 2.02 bits per heavy atom. The SMILES string of the molecule is CCc1cc2c(cc1CC)CC(NCC(O)c1ccc(OC(F)(F)c3c(F)c(F)c(F)c(F)c3F)c3[nH]c(=O)ccc13)C2. The quantitative estimate of drug-likeness (QED) is 0.119. The molecule has 1 aliphatic rings. The number of aromatic amines is 1. The van der Waals surface area contributed by atoms with Crippen LogP contribution in [0.4, 0.5) is 30.7 Å². The number of aryl methyl sites for hydroxylation is 2. The summed E-state index contributed by atoms with van der Waals surface area (Å²) in [6, 6.07) is 8.90. The molecule has 0 saturated heterocycles. The third kappa shape index (κ3) is 5.61. The second-order valence-electron chi connectivity index (χ2n) is 10.5. The largest absolute Gasteiger partial charge is 0.432 e. The summed E-state index contributed by atoms with van der Waals surface area (Å²) >= 11 is 0. The lowest BCUT2D eigenvalue weighted by Gasteiger charge is -2.22. The van der Waals surface area contributed by atoms with E-state index in [2.05, 4.69) is 41.0 Å². The molecule has 228 valence electrons. The van der Waals surface area contributed by atoms with E-state index in [0.29, 0.717) is 0 Å². The van der Waals surface area contributed by atoms with Crippen LogP contribution in [0.25, 0.3) is 10.9 Å². The van der Waals surface area contributed by atoms with Crippen molar-refractivity contribution in [3.63, 3.8) is 0 Å². The van der Waals surface area contributed by atoms with E-state index in [1.54, 1.807) is 0 Å². The van der Waals surface area contributed by atoms with Gasteiger partial charge < -0.3 is 20.1 Å². The maximum Gasteiger partial charge on any atom is 0.432 e. The van der Waals surface area contributed by atoms with E-state index in [-0.39, 0.29) is 29.1 Å². The molecule has 12 heteroatoms. The Kier molecular flexibility index (Phi) is 8.28. The van der Waals surface area contributed by atoms with Crippen LogP contribution in [-0.2, 0) is 31.8 Å². The van der Waals surface area contributed by atoms with Crippen molar-refractivity contribution >= 4 is 10.9 Å². The van der Waals surface area contributed by atoms with Gasteiger partial charge in [0.25, 0.3) is 0 Å². The maximum atomic E-state index is 14.9. The fourth-order valence-corrected chi connectivity index (χ4v) is 5.64. The van der Waals surface area contributed by atoms with E-state index >= 15 is 0 Å². The molecule has 4 aromatic rings. The van der Waals surface area contributed by atoms with Crippen LogP contribution in [0.2, 0.25) is 0 Å². The van der Waals surface area contributed by atoms with E-state index < -0.39 is 58.2 Å². The predicted octanol–water partition coefficient (Wildman–Crippen LogP) is 6.27. The highest BCUT2D eigenvalue weighted by atomic mass is 19.3. The number of halogens is 7. The molecule has 1 unspecified atom stereocenters. The first-order chi connectivity index (χ1) is 20.4. The van der Waals surface area contributed by atoms with E-state index in [1.807, 2.05) is 0 Å². The monoisotopic (exact) mass is 608 g/mol. The van der Waals surface area contributed by atoms with E-state index in [4.69, 9.17) is 0 Å². The third-order valence-corrected chi connectivity index (χ3v) is 7.80. The molecule has 0 saturated carbocycles. The van der Waals surface area contributed by atoms with E-state index in [9.17, 15) is 40.6 Å². The van der Waals surface area contributed by atoms with Gasteiger partial charge in [0.05, 0.1) is 11.6 Å². The number of hydrogen-bond acceptors (Lipinski definition) is 4. The number of H-pyrrole nitrogens is 1. The van der Waals surface area contributed by atoms with Crippen LogP contribution in [0, 0.1) is 29.1 Å². The molecule has 0 amide bonds. The van der Waals surface area contributed by atoms with Crippen LogP contribution >= 0.6 is 0 Å². The Morgan fingerprint density at radius 1 is 0.907 bits per heavy atom. The summed E-state index contributed by atoms with van der Waals surface area (Å²) in [5, 5.41) is 14.4. The number of hydrogen-bond donors (Lipinski definition) is 3. The van der Waals surface area contributed by atoms with Gasteiger partial charge in [0, 0.05) is 24.0 Å². The molecule has 5 nitrogen and oxygen atoms in total. The zero-order valence-electron chi connectivity index (χ0n) is 23.1. The highest BCUT2D eigenvalue weighted by molar-refractivity contribution is 5.87. The zero-order chi connectivity index (χ0) is 31.2. The van der Waals surface area contributed by atoms with Crippen LogP contribution < -0.4 is 15.6 Å². The van der Waals surface area contributed by atoms with Crippen molar-refractivity contribution in [3.05, 3.63) is 109 Å². The van der Waals surface area contributed by atoms with Gasteiger partial charge in [-0.3, -0.25) is 4.79 Å². The molecule has 3 aromatic carbocycles. The fraction of sp³-hybridized carbons (Fsp3) is 0.323. The smallest absolute Gasteiger partial charge is 0.426 e. The van der Waals surface area contributed by atoms with Gasteiger partial charge in [-0.25, -0.2) is 22.0 Å². The average Bonchev–Trinajstić information content (AvgIpc) is 3.38. The van der Waals surface area contributed by atoms with Gasteiger partial charge in [-0.15, -0.1) is 0 Å². The van der Waals surface area contributed by atoms with Crippen LogP contribution in [0.5, 0.6) is 5.75 Å². The molecular weight excluding hydrogens is 581 g/mol. The molecule has 5 rings (SSSR count). The molecule has 0 bridgehead atoms. The first kappa shape index (κ1) is 30.6. The van der Waals surface area contributed by atoms with Gasteiger partial charge in [-0.05, 0) is 65.6 Å². The molecular formula is C31H27F7N2O3. The number of aromatic nitrogens is 1. The summed E-state index contributed by atoms with van der Waals surface area (Å²) in [6.07, 6.45) is -2.86. The van der Waals surface area contributed by atoms with Crippen LogP contribution in [-0.4, -0.2) is 22.7 Å². The second kappa shape index (κ2) is 11.6. The molecule has 1 aliphatic carbocycles. The lowest BCUT2D eigenvalue weighted by atomic mass is 9.97. The lowest BCUT2D eigenvalue weighted by Crippen LogP contribution is -2.33. The molecule has 0 spiro atoms. The Bertz CT molecular complexity index is 1710. The summed E-state index contributed by atoms with van der Waals surface area (Å²) in [4.78, 5) is 14.3. The number of fused-ring (bicyclic) bond motifs is 2. The first-order valence-electron chi connectivity index (χ1n) is 13.7. The van der Waals surface area contributed by atoms with Gasteiger partial charge in [-0.2, -0.15) is 8.78 Å². The maximum absolute atomic E-state index is 14.9. The fourth-order valence-electron chi connectivity index (χ4n) is 5.64. The number of benzene rings is 3. The standard InChI is InChI=1S/C31H27F7N2O3/c1-3-14-9-16-11-18(12-17(16)10-15(14)4-2)39-13-21(41)19-5-7-22(30-20(19)6-8-23(42)40-30)43-31(37,38)24-25(32)27(34)29(36)28(35)26(24)33/h5-10,18,21,39,41H,3-4,11-13H2,1-2H3,(H,40,42). The highest BCUT2D eigenvalue weighted by Gasteiger charge is 2.45. The molecule has 0 fully saturated rings. The molecule has 1 heterocycles. The molecule has 0 radical (unpaired) electrons. The van der Waals surface area contributed by atoms with Gasteiger partial charge >= 0.3 is 6.11 Å². The Labute approximate surface area is 241 Å². The van der Waals surface area contributed by atoms with Crippen LogP contribution in [0.15, 0.2) is 41.2 Å².